The van der Waals surface area contributed by atoms with Crippen LogP contribution in [0.25, 0.3) is 11.0 Å². The molecule has 0 fully saturated rings. The Hall–Kier alpha value is -2.99. The molecule has 7 heteroatoms. The molecule has 0 bridgehead atoms. The minimum Gasteiger partial charge on any atom is -0.497 e. The monoisotopic (exact) mass is 373 g/mol. The van der Waals surface area contributed by atoms with Crippen LogP contribution in [0, 0.1) is 6.92 Å². The fraction of sp³-hybridized carbons (Fsp3) is 0.158. The zero-order valence-electron chi connectivity index (χ0n) is 14.4. The van der Waals surface area contributed by atoms with Crippen LogP contribution in [0.3, 0.4) is 0 Å². The van der Waals surface area contributed by atoms with E-state index < -0.39 is 11.9 Å². The van der Waals surface area contributed by atoms with Crippen molar-refractivity contribution >= 4 is 40.1 Å². The number of hydrogen-bond acceptors (Lipinski definition) is 5. The predicted octanol–water partition coefficient (Wildman–Crippen LogP) is 4.44. The van der Waals surface area contributed by atoms with Crippen LogP contribution in [0.5, 0.6) is 5.75 Å². The maximum absolute atomic E-state index is 12.7. The number of esters is 1. The Morgan fingerprint density at radius 1 is 1.12 bits per heavy atom. The topological polar surface area (TPSA) is 77.8 Å². The number of carbonyl (C=O) groups excluding carboxylic acids is 2. The minimum absolute atomic E-state index is 0.160. The molecule has 1 aromatic heterocycles. The summed E-state index contributed by atoms with van der Waals surface area (Å²) in [6.45, 7) is 1.78. The smallest absolute Gasteiger partial charge is 0.337 e. The number of anilines is 1. The molecule has 0 aliphatic rings. The van der Waals surface area contributed by atoms with E-state index >= 15 is 0 Å². The normalized spacial score (nSPS) is 10.6. The summed E-state index contributed by atoms with van der Waals surface area (Å²) in [6, 6.07) is 9.78. The Morgan fingerprint density at radius 2 is 1.88 bits per heavy atom. The highest BCUT2D eigenvalue weighted by molar-refractivity contribution is 6.34. The number of nitrogens with one attached hydrogen (secondary N) is 1. The van der Waals surface area contributed by atoms with Crippen LogP contribution >= 0.6 is 11.6 Å². The van der Waals surface area contributed by atoms with Gasteiger partial charge in [-0.15, -0.1) is 0 Å². The highest BCUT2D eigenvalue weighted by Gasteiger charge is 2.20. The summed E-state index contributed by atoms with van der Waals surface area (Å²) in [5.41, 5.74) is 1.81. The number of aryl methyl sites for hydroxylation is 1. The lowest BCUT2D eigenvalue weighted by atomic mass is 10.1. The first-order chi connectivity index (χ1) is 12.4. The Kier molecular flexibility index (Phi) is 4.86. The number of methoxy groups -OCH3 is 2. The van der Waals surface area contributed by atoms with E-state index in [0.29, 0.717) is 21.9 Å². The maximum atomic E-state index is 12.7. The van der Waals surface area contributed by atoms with Gasteiger partial charge in [0.25, 0.3) is 5.91 Å². The van der Waals surface area contributed by atoms with E-state index in [1.54, 1.807) is 32.2 Å². The zero-order chi connectivity index (χ0) is 18.8. The molecule has 0 unspecified atom stereocenters. The van der Waals surface area contributed by atoms with E-state index in [1.165, 1.54) is 25.3 Å². The average Bonchev–Trinajstić information content (AvgIpc) is 2.99. The van der Waals surface area contributed by atoms with Gasteiger partial charge in [-0.2, -0.15) is 0 Å². The second-order valence-corrected chi connectivity index (χ2v) is 5.97. The molecule has 1 N–H and O–H groups in total. The van der Waals surface area contributed by atoms with Gasteiger partial charge in [0.05, 0.1) is 30.5 Å². The standard InChI is InChI=1S/C19H16ClNO5/c1-10-13-9-12(24-2)5-7-16(13)26-17(10)18(22)21-15-8-11(19(23)25-3)4-6-14(15)20/h4-9H,1-3H3,(H,21,22). The summed E-state index contributed by atoms with van der Waals surface area (Å²) in [7, 11) is 2.85. The number of ether oxygens (including phenoxy) is 2. The van der Waals surface area contributed by atoms with Crippen molar-refractivity contribution in [2.24, 2.45) is 0 Å². The number of amides is 1. The van der Waals surface area contributed by atoms with Gasteiger partial charge in [-0.25, -0.2) is 4.79 Å². The Labute approximate surface area is 154 Å². The maximum Gasteiger partial charge on any atom is 0.337 e. The van der Waals surface area contributed by atoms with E-state index in [2.05, 4.69) is 10.1 Å². The molecule has 0 spiro atoms. The van der Waals surface area contributed by atoms with E-state index in [9.17, 15) is 9.59 Å². The van der Waals surface area contributed by atoms with Gasteiger partial charge < -0.3 is 19.2 Å². The van der Waals surface area contributed by atoms with Crippen molar-refractivity contribution < 1.29 is 23.5 Å². The van der Waals surface area contributed by atoms with Crippen molar-refractivity contribution in [1.29, 1.82) is 0 Å². The highest BCUT2D eigenvalue weighted by atomic mass is 35.5. The molecule has 0 saturated heterocycles. The molecule has 1 amide bonds. The first kappa shape index (κ1) is 17.8. The fourth-order valence-corrected chi connectivity index (χ4v) is 2.75. The molecule has 2 aromatic carbocycles. The van der Waals surface area contributed by atoms with Crippen molar-refractivity contribution in [3.63, 3.8) is 0 Å². The number of benzene rings is 2. The first-order valence-corrected chi connectivity index (χ1v) is 8.08. The van der Waals surface area contributed by atoms with Gasteiger partial charge in [0, 0.05) is 10.9 Å². The van der Waals surface area contributed by atoms with E-state index in [4.69, 9.17) is 20.8 Å². The number of fused-ring (bicyclic) bond motifs is 1. The van der Waals surface area contributed by atoms with Gasteiger partial charge in [-0.05, 0) is 43.3 Å². The van der Waals surface area contributed by atoms with Crippen LogP contribution in [0.2, 0.25) is 5.02 Å². The molecule has 0 saturated carbocycles. The number of furan rings is 1. The molecule has 6 nitrogen and oxygen atoms in total. The van der Waals surface area contributed by atoms with Crippen molar-refractivity contribution in [3.05, 3.63) is 58.3 Å². The molecule has 26 heavy (non-hydrogen) atoms. The number of rotatable bonds is 4. The molecule has 3 aromatic rings. The quantitative estimate of drug-likeness (QED) is 0.684. The third-order valence-electron chi connectivity index (χ3n) is 3.99. The van der Waals surface area contributed by atoms with E-state index in [0.717, 1.165) is 5.39 Å². The molecule has 0 aliphatic heterocycles. The largest absolute Gasteiger partial charge is 0.497 e. The summed E-state index contributed by atoms with van der Waals surface area (Å²) < 4.78 is 15.5. The molecule has 1 heterocycles. The van der Waals surface area contributed by atoms with Gasteiger partial charge in [0.1, 0.15) is 11.3 Å². The molecule has 0 aliphatic carbocycles. The summed E-state index contributed by atoms with van der Waals surface area (Å²) in [5, 5.41) is 3.75. The van der Waals surface area contributed by atoms with Crippen LogP contribution < -0.4 is 10.1 Å². The van der Waals surface area contributed by atoms with Crippen molar-refractivity contribution in [1.82, 2.24) is 0 Å². The van der Waals surface area contributed by atoms with Crippen molar-refractivity contribution in [3.8, 4) is 5.75 Å². The third kappa shape index (κ3) is 3.23. The van der Waals surface area contributed by atoms with Gasteiger partial charge >= 0.3 is 5.97 Å². The third-order valence-corrected chi connectivity index (χ3v) is 4.31. The Bertz CT molecular complexity index is 1010. The molecule has 3 rings (SSSR count). The Balaban J connectivity index is 1.94. The van der Waals surface area contributed by atoms with Crippen LogP contribution in [0.4, 0.5) is 5.69 Å². The summed E-state index contributed by atoms with van der Waals surface area (Å²) in [4.78, 5) is 24.3. The predicted molar refractivity (Wildman–Crippen MR) is 98.2 cm³/mol. The van der Waals surface area contributed by atoms with Crippen molar-refractivity contribution in [2.45, 2.75) is 6.92 Å². The summed E-state index contributed by atoms with van der Waals surface area (Å²) in [5.74, 6) is -0.166. The Morgan fingerprint density at radius 3 is 2.58 bits per heavy atom. The number of carbonyl (C=O) groups is 2. The number of halogens is 1. The summed E-state index contributed by atoms with van der Waals surface area (Å²) in [6.07, 6.45) is 0. The second kappa shape index (κ2) is 7.09. The van der Waals surface area contributed by atoms with Crippen LogP contribution in [0.15, 0.2) is 40.8 Å². The lowest BCUT2D eigenvalue weighted by Gasteiger charge is -2.08. The lowest BCUT2D eigenvalue weighted by molar-refractivity contribution is 0.0600. The van der Waals surface area contributed by atoms with Crippen LogP contribution in [-0.4, -0.2) is 26.1 Å². The van der Waals surface area contributed by atoms with Crippen LogP contribution in [-0.2, 0) is 4.74 Å². The second-order valence-electron chi connectivity index (χ2n) is 5.56. The zero-order valence-corrected chi connectivity index (χ0v) is 15.1. The van der Waals surface area contributed by atoms with Gasteiger partial charge in [0.2, 0.25) is 0 Å². The van der Waals surface area contributed by atoms with Gasteiger partial charge in [-0.3, -0.25) is 4.79 Å². The van der Waals surface area contributed by atoms with Crippen molar-refractivity contribution in [2.75, 3.05) is 19.5 Å². The average molecular weight is 374 g/mol. The summed E-state index contributed by atoms with van der Waals surface area (Å²) >= 11 is 6.12. The van der Waals surface area contributed by atoms with E-state index in [-0.39, 0.29) is 17.0 Å². The first-order valence-electron chi connectivity index (χ1n) is 7.71. The SMILES string of the molecule is COC(=O)c1ccc(Cl)c(NC(=O)c2oc3ccc(OC)cc3c2C)c1. The van der Waals surface area contributed by atoms with E-state index in [1.807, 2.05) is 0 Å². The molecule has 0 atom stereocenters. The highest BCUT2D eigenvalue weighted by Crippen LogP contribution is 2.30. The molecule has 134 valence electrons. The van der Waals surface area contributed by atoms with Gasteiger partial charge in [0.15, 0.2) is 5.76 Å². The lowest BCUT2D eigenvalue weighted by Crippen LogP contribution is -2.13. The van der Waals surface area contributed by atoms with Crippen LogP contribution in [0.1, 0.15) is 26.5 Å². The fourth-order valence-electron chi connectivity index (χ4n) is 2.59. The number of hydrogen-bond donors (Lipinski definition) is 1. The molecular weight excluding hydrogens is 358 g/mol. The molecule has 0 radical (unpaired) electrons. The van der Waals surface area contributed by atoms with Gasteiger partial charge in [-0.1, -0.05) is 11.6 Å². The minimum atomic E-state index is -0.524. The molecular formula is C19H16ClNO5.